The summed E-state index contributed by atoms with van der Waals surface area (Å²) in [6, 6.07) is 11.3. The summed E-state index contributed by atoms with van der Waals surface area (Å²) < 4.78 is 0.169. The van der Waals surface area contributed by atoms with Crippen LogP contribution in [0.3, 0.4) is 0 Å². The number of nitrogens with zero attached hydrogens (tertiary/aromatic N) is 2. The molecule has 0 radical (unpaired) electrons. The average Bonchev–Trinajstić information content (AvgIpc) is 2.43. The number of para-hydroxylation sites is 1. The Morgan fingerprint density at radius 3 is 2.68 bits per heavy atom. The molecule has 94 valence electrons. The van der Waals surface area contributed by atoms with Crippen molar-refractivity contribution in [2.45, 2.75) is 0 Å². The van der Waals surface area contributed by atoms with E-state index in [0.29, 0.717) is 5.69 Å². The van der Waals surface area contributed by atoms with E-state index < -0.39 is 0 Å². The van der Waals surface area contributed by atoms with E-state index in [-0.39, 0.29) is 20.8 Å². The SMILES string of the molecule is O=c1[nH]c(-c2ccc3ccccc3n2)nc(O)c1I. The normalized spacial score (nSPS) is 10.8. The number of aromatic hydroxyl groups is 1. The van der Waals surface area contributed by atoms with E-state index in [1.807, 2.05) is 30.3 Å². The maximum atomic E-state index is 11.6. The zero-order chi connectivity index (χ0) is 13.4. The van der Waals surface area contributed by atoms with E-state index in [4.69, 9.17) is 0 Å². The van der Waals surface area contributed by atoms with E-state index in [2.05, 4.69) is 15.0 Å². The smallest absolute Gasteiger partial charge is 0.268 e. The van der Waals surface area contributed by atoms with Crippen LogP contribution in [-0.2, 0) is 0 Å². The minimum Gasteiger partial charge on any atom is -0.492 e. The Labute approximate surface area is 121 Å². The number of benzene rings is 1. The fourth-order valence-electron chi connectivity index (χ4n) is 1.77. The van der Waals surface area contributed by atoms with Crippen molar-refractivity contribution in [1.82, 2.24) is 15.0 Å². The summed E-state index contributed by atoms with van der Waals surface area (Å²) >= 11 is 1.74. The maximum absolute atomic E-state index is 11.6. The molecule has 0 unspecified atom stereocenters. The summed E-state index contributed by atoms with van der Waals surface area (Å²) in [6.07, 6.45) is 0. The standard InChI is InChI=1S/C13H8IN3O2/c14-10-12(18)16-11(17-13(10)19)9-6-5-7-3-1-2-4-8(7)15-9/h1-6H,(H2,16,17,18,19). The highest BCUT2D eigenvalue weighted by molar-refractivity contribution is 14.1. The van der Waals surface area contributed by atoms with Crippen molar-refractivity contribution in [1.29, 1.82) is 0 Å². The van der Waals surface area contributed by atoms with Crippen molar-refractivity contribution in [3.63, 3.8) is 0 Å². The fourth-order valence-corrected chi connectivity index (χ4v) is 2.02. The first-order valence-electron chi connectivity index (χ1n) is 5.50. The first-order chi connectivity index (χ1) is 9.15. The highest BCUT2D eigenvalue weighted by Gasteiger charge is 2.10. The molecule has 2 heterocycles. The molecule has 0 fully saturated rings. The number of hydrogen-bond donors (Lipinski definition) is 2. The van der Waals surface area contributed by atoms with Crippen LogP contribution >= 0.6 is 22.6 Å². The van der Waals surface area contributed by atoms with Gasteiger partial charge >= 0.3 is 0 Å². The summed E-state index contributed by atoms with van der Waals surface area (Å²) in [7, 11) is 0. The Hall–Kier alpha value is -1.96. The number of halogens is 1. The summed E-state index contributed by atoms with van der Waals surface area (Å²) in [5, 5.41) is 10.6. The number of pyridine rings is 1. The largest absolute Gasteiger partial charge is 0.492 e. The molecule has 0 aliphatic rings. The molecule has 3 aromatic rings. The molecule has 1 aromatic carbocycles. The van der Waals surface area contributed by atoms with Gasteiger partial charge in [-0.2, -0.15) is 4.98 Å². The molecule has 0 aliphatic heterocycles. The summed E-state index contributed by atoms with van der Waals surface area (Å²) in [4.78, 5) is 22.6. The van der Waals surface area contributed by atoms with Crippen molar-refractivity contribution < 1.29 is 5.11 Å². The number of fused-ring (bicyclic) bond motifs is 1. The first-order valence-corrected chi connectivity index (χ1v) is 6.58. The van der Waals surface area contributed by atoms with Crippen molar-refractivity contribution in [3.8, 4) is 17.4 Å². The molecule has 5 nitrogen and oxygen atoms in total. The predicted octanol–water partition coefficient (Wildman–Crippen LogP) is 2.30. The van der Waals surface area contributed by atoms with Gasteiger partial charge in [0.05, 0.1) is 5.52 Å². The van der Waals surface area contributed by atoms with E-state index in [0.717, 1.165) is 10.9 Å². The van der Waals surface area contributed by atoms with Gasteiger partial charge in [-0.15, -0.1) is 0 Å². The Balaban J connectivity index is 2.22. The van der Waals surface area contributed by atoms with Crippen LogP contribution in [0.2, 0.25) is 0 Å². The molecule has 0 spiro atoms. The number of rotatable bonds is 1. The molecule has 0 bridgehead atoms. The van der Waals surface area contributed by atoms with Gasteiger partial charge in [0.1, 0.15) is 9.26 Å². The van der Waals surface area contributed by atoms with Gasteiger partial charge in [-0.25, -0.2) is 4.98 Å². The van der Waals surface area contributed by atoms with Gasteiger partial charge in [0.25, 0.3) is 5.56 Å². The van der Waals surface area contributed by atoms with Crippen molar-refractivity contribution in [2.75, 3.05) is 0 Å². The van der Waals surface area contributed by atoms with Gasteiger partial charge in [0.15, 0.2) is 5.82 Å². The van der Waals surface area contributed by atoms with E-state index in [1.54, 1.807) is 28.7 Å². The second kappa shape index (κ2) is 4.61. The van der Waals surface area contributed by atoms with E-state index >= 15 is 0 Å². The quantitative estimate of drug-likeness (QED) is 0.649. The second-order valence-electron chi connectivity index (χ2n) is 3.94. The summed E-state index contributed by atoms with van der Waals surface area (Å²) in [6.45, 7) is 0. The zero-order valence-corrected chi connectivity index (χ0v) is 11.7. The van der Waals surface area contributed by atoms with Crippen molar-refractivity contribution in [3.05, 3.63) is 50.3 Å². The number of nitrogens with one attached hydrogen (secondary N) is 1. The lowest BCUT2D eigenvalue weighted by atomic mass is 10.2. The fraction of sp³-hybridized carbons (Fsp3) is 0. The molecule has 19 heavy (non-hydrogen) atoms. The maximum Gasteiger partial charge on any atom is 0.268 e. The summed E-state index contributed by atoms with van der Waals surface area (Å²) in [5.74, 6) is -0.0250. The highest BCUT2D eigenvalue weighted by Crippen LogP contribution is 2.20. The third kappa shape index (κ3) is 2.19. The third-order valence-corrected chi connectivity index (χ3v) is 3.66. The van der Waals surface area contributed by atoms with E-state index in [9.17, 15) is 9.90 Å². The van der Waals surface area contributed by atoms with Gasteiger partial charge in [0, 0.05) is 5.39 Å². The lowest BCUT2D eigenvalue weighted by Crippen LogP contribution is -2.12. The Morgan fingerprint density at radius 2 is 1.89 bits per heavy atom. The van der Waals surface area contributed by atoms with Crippen LogP contribution in [-0.4, -0.2) is 20.1 Å². The zero-order valence-electron chi connectivity index (χ0n) is 9.59. The van der Waals surface area contributed by atoms with Crippen LogP contribution in [0.25, 0.3) is 22.4 Å². The van der Waals surface area contributed by atoms with Gasteiger partial charge < -0.3 is 10.1 Å². The molecule has 0 aliphatic carbocycles. The Bertz CT molecular complexity index is 829. The topological polar surface area (TPSA) is 78.9 Å². The number of hydrogen-bond acceptors (Lipinski definition) is 4. The number of aromatic nitrogens is 3. The van der Waals surface area contributed by atoms with Crippen LogP contribution in [0.15, 0.2) is 41.2 Å². The average molecular weight is 365 g/mol. The Morgan fingerprint density at radius 1 is 1.11 bits per heavy atom. The lowest BCUT2D eigenvalue weighted by Gasteiger charge is -2.03. The van der Waals surface area contributed by atoms with Gasteiger partial charge in [0.2, 0.25) is 5.88 Å². The van der Waals surface area contributed by atoms with Crippen LogP contribution in [0.1, 0.15) is 0 Å². The Kier molecular flexibility index (Phi) is 2.94. The van der Waals surface area contributed by atoms with Gasteiger partial charge in [-0.3, -0.25) is 4.79 Å². The van der Waals surface area contributed by atoms with Crippen molar-refractivity contribution >= 4 is 33.5 Å². The number of H-pyrrole nitrogens is 1. The van der Waals surface area contributed by atoms with Crippen LogP contribution < -0.4 is 5.56 Å². The molecular weight excluding hydrogens is 357 g/mol. The minimum atomic E-state index is -0.377. The predicted molar refractivity (Wildman–Crippen MR) is 80.0 cm³/mol. The van der Waals surface area contributed by atoms with Crippen LogP contribution in [0.4, 0.5) is 0 Å². The molecule has 2 aromatic heterocycles. The molecule has 0 saturated heterocycles. The monoisotopic (exact) mass is 365 g/mol. The second-order valence-corrected chi connectivity index (χ2v) is 5.02. The van der Waals surface area contributed by atoms with E-state index in [1.165, 1.54) is 0 Å². The highest BCUT2D eigenvalue weighted by atomic mass is 127. The molecule has 0 saturated carbocycles. The molecule has 2 N–H and O–H groups in total. The molecule has 6 heteroatoms. The summed E-state index contributed by atoms with van der Waals surface area (Å²) in [5.41, 5.74) is 0.946. The molecular formula is C13H8IN3O2. The molecule has 0 atom stereocenters. The molecule has 0 amide bonds. The van der Waals surface area contributed by atoms with Gasteiger partial charge in [-0.05, 0) is 34.7 Å². The van der Waals surface area contributed by atoms with Crippen LogP contribution in [0.5, 0.6) is 5.88 Å². The first kappa shape index (κ1) is 12.1. The van der Waals surface area contributed by atoms with Gasteiger partial charge in [-0.1, -0.05) is 24.3 Å². The van der Waals surface area contributed by atoms with Crippen molar-refractivity contribution in [2.24, 2.45) is 0 Å². The lowest BCUT2D eigenvalue weighted by molar-refractivity contribution is 0.447. The molecule has 3 rings (SSSR count). The number of aromatic amines is 1. The third-order valence-electron chi connectivity index (χ3n) is 2.69. The van der Waals surface area contributed by atoms with Crippen LogP contribution in [0, 0.1) is 3.57 Å². The minimum absolute atomic E-state index is 0.169.